The van der Waals surface area contributed by atoms with Crippen molar-refractivity contribution in [2.75, 3.05) is 6.54 Å². The second kappa shape index (κ2) is 4.37. The molecule has 0 aliphatic heterocycles. The van der Waals surface area contributed by atoms with Gasteiger partial charge in [-0.25, -0.2) is 9.59 Å². The fourth-order valence-electron chi connectivity index (χ4n) is 0.321. The smallest absolute Gasteiger partial charge is 0.323 e. The number of nitrogens with one attached hydrogen (secondary N) is 2. The third kappa shape index (κ3) is 4.63. The third-order valence-electron chi connectivity index (χ3n) is 0.644. The molecule has 0 radical (unpaired) electrons. The number of carbonyl (C=O) groups excluding carboxylic acids is 2. The van der Waals surface area contributed by atoms with E-state index in [-0.39, 0.29) is 0 Å². The molecule has 0 saturated heterocycles. The van der Waals surface area contributed by atoms with Gasteiger partial charge in [0.2, 0.25) is 0 Å². The summed E-state index contributed by atoms with van der Waals surface area (Å²) >= 11 is 0. The van der Waals surface area contributed by atoms with E-state index in [4.69, 9.17) is 0 Å². The van der Waals surface area contributed by atoms with Gasteiger partial charge >= 0.3 is 12.1 Å². The van der Waals surface area contributed by atoms with Crippen molar-refractivity contribution >= 4 is 12.1 Å². The molecule has 4 N–H and O–H groups in total. The normalized spacial score (nSPS) is 8.00. The predicted octanol–water partition coefficient (Wildman–Crippen LogP) is -0.450. The number of rotatable bonds is 2. The Balaban J connectivity index is 3.43. The zero-order valence-corrected chi connectivity index (χ0v) is 5.39. The van der Waals surface area contributed by atoms with Crippen LogP contribution in [-0.4, -0.2) is 18.6 Å². The molecule has 0 bridgehead atoms. The van der Waals surface area contributed by atoms with Crippen molar-refractivity contribution in [2.24, 2.45) is 5.73 Å². The average molecular weight is 143 g/mol. The molecule has 56 valence electrons. The van der Waals surface area contributed by atoms with Crippen LogP contribution in [-0.2, 0) is 0 Å². The van der Waals surface area contributed by atoms with Crippen molar-refractivity contribution in [3.63, 3.8) is 0 Å². The zero-order valence-electron chi connectivity index (χ0n) is 5.39. The summed E-state index contributed by atoms with van der Waals surface area (Å²) in [6.07, 6.45) is 1.49. The number of hydrogen-bond acceptors (Lipinski definition) is 2. The van der Waals surface area contributed by atoms with Crippen LogP contribution in [0.4, 0.5) is 9.59 Å². The minimum atomic E-state index is -0.874. The first-order valence-corrected chi connectivity index (χ1v) is 2.62. The van der Waals surface area contributed by atoms with Gasteiger partial charge in [-0.3, -0.25) is 5.32 Å². The number of amides is 4. The first-order chi connectivity index (χ1) is 4.66. The van der Waals surface area contributed by atoms with Crippen LogP contribution in [0.2, 0.25) is 0 Å². The number of imide groups is 1. The van der Waals surface area contributed by atoms with Gasteiger partial charge in [0.1, 0.15) is 0 Å². The summed E-state index contributed by atoms with van der Waals surface area (Å²) < 4.78 is 0. The van der Waals surface area contributed by atoms with E-state index in [2.05, 4.69) is 17.6 Å². The minimum Gasteiger partial charge on any atom is -0.351 e. The van der Waals surface area contributed by atoms with Gasteiger partial charge in [-0.1, -0.05) is 6.08 Å². The maximum absolute atomic E-state index is 10.4. The fourth-order valence-corrected chi connectivity index (χ4v) is 0.321. The standard InChI is InChI=1S/C5H9N3O2/c1-2-3-7-5(10)8-4(6)9/h2H,1,3H2,(H4,6,7,8,9,10). The largest absolute Gasteiger partial charge is 0.351 e. The molecule has 0 spiro atoms. The van der Waals surface area contributed by atoms with Gasteiger partial charge in [-0.05, 0) is 0 Å². The maximum atomic E-state index is 10.4. The van der Waals surface area contributed by atoms with Crippen molar-refractivity contribution in [1.29, 1.82) is 0 Å². The van der Waals surface area contributed by atoms with Crippen molar-refractivity contribution in [1.82, 2.24) is 10.6 Å². The van der Waals surface area contributed by atoms with E-state index in [0.717, 1.165) is 0 Å². The molecule has 0 aromatic rings. The Morgan fingerprint density at radius 3 is 2.60 bits per heavy atom. The molecule has 0 unspecified atom stereocenters. The molecule has 0 heterocycles. The van der Waals surface area contributed by atoms with E-state index < -0.39 is 12.1 Å². The van der Waals surface area contributed by atoms with Crippen molar-refractivity contribution in [2.45, 2.75) is 0 Å². The van der Waals surface area contributed by atoms with Crippen LogP contribution in [0.1, 0.15) is 0 Å². The Labute approximate surface area is 58.3 Å². The topological polar surface area (TPSA) is 84.2 Å². The van der Waals surface area contributed by atoms with Gasteiger partial charge in [0.05, 0.1) is 0 Å². The number of carbonyl (C=O) groups is 2. The van der Waals surface area contributed by atoms with E-state index in [1.165, 1.54) is 6.08 Å². The Morgan fingerprint density at radius 1 is 1.60 bits per heavy atom. The van der Waals surface area contributed by atoms with Crippen LogP contribution >= 0.6 is 0 Å². The quantitative estimate of drug-likeness (QED) is 0.457. The lowest BCUT2D eigenvalue weighted by atomic mass is 10.6. The summed E-state index contributed by atoms with van der Waals surface area (Å²) in [5, 5.41) is 4.11. The molecule has 0 saturated carbocycles. The lowest BCUT2D eigenvalue weighted by Gasteiger charge is -1.99. The van der Waals surface area contributed by atoms with E-state index in [0.29, 0.717) is 6.54 Å². The summed E-state index contributed by atoms with van der Waals surface area (Å²) in [6.45, 7) is 3.66. The van der Waals surface area contributed by atoms with Crippen LogP contribution in [0.25, 0.3) is 0 Å². The number of primary amides is 1. The van der Waals surface area contributed by atoms with Crippen LogP contribution in [0.5, 0.6) is 0 Å². The Kier molecular flexibility index (Phi) is 3.70. The average Bonchev–Trinajstić information content (AvgIpc) is 1.82. The molecule has 5 nitrogen and oxygen atoms in total. The highest BCUT2D eigenvalue weighted by Crippen LogP contribution is 1.64. The highest BCUT2D eigenvalue weighted by atomic mass is 16.2. The molecule has 0 fully saturated rings. The zero-order chi connectivity index (χ0) is 7.98. The summed E-state index contributed by atoms with van der Waals surface area (Å²) in [5.74, 6) is 0. The van der Waals surface area contributed by atoms with Gasteiger partial charge in [0.15, 0.2) is 0 Å². The van der Waals surface area contributed by atoms with Crippen LogP contribution in [0, 0.1) is 0 Å². The van der Waals surface area contributed by atoms with Crippen LogP contribution in [0.15, 0.2) is 12.7 Å². The molecule has 5 heteroatoms. The SMILES string of the molecule is C=CCNC(=O)NC(N)=O. The van der Waals surface area contributed by atoms with E-state index >= 15 is 0 Å². The highest BCUT2D eigenvalue weighted by molar-refractivity contribution is 5.92. The van der Waals surface area contributed by atoms with Crippen molar-refractivity contribution in [3.05, 3.63) is 12.7 Å². The second-order valence-electron chi connectivity index (χ2n) is 1.49. The van der Waals surface area contributed by atoms with Gasteiger partial charge in [0.25, 0.3) is 0 Å². The molecule has 0 aliphatic rings. The van der Waals surface area contributed by atoms with Crippen LogP contribution in [0.3, 0.4) is 0 Å². The Hall–Kier alpha value is -1.52. The van der Waals surface area contributed by atoms with Gasteiger partial charge in [0, 0.05) is 6.54 Å². The van der Waals surface area contributed by atoms with E-state index in [1.54, 1.807) is 0 Å². The highest BCUT2D eigenvalue weighted by Gasteiger charge is 1.98. The second-order valence-corrected chi connectivity index (χ2v) is 1.49. The summed E-state index contributed by atoms with van der Waals surface area (Å²) in [6, 6.07) is -1.49. The lowest BCUT2D eigenvalue weighted by molar-refractivity contribution is 0.232. The van der Waals surface area contributed by atoms with Crippen LogP contribution < -0.4 is 16.4 Å². The number of urea groups is 2. The van der Waals surface area contributed by atoms with Crippen molar-refractivity contribution in [3.8, 4) is 0 Å². The fraction of sp³-hybridized carbons (Fsp3) is 0.200. The summed E-state index contributed by atoms with van der Waals surface area (Å²) in [5.41, 5.74) is 4.63. The van der Waals surface area contributed by atoms with Crippen molar-refractivity contribution < 1.29 is 9.59 Å². The molecular weight excluding hydrogens is 134 g/mol. The number of nitrogens with two attached hydrogens (primary N) is 1. The molecule has 0 aromatic heterocycles. The molecule has 4 amide bonds. The molecule has 0 atom stereocenters. The molecule has 0 aromatic carbocycles. The van der Waals surface area contributed by atoms with E-state index in [9.17, 15) is 9.59 Å². The third-order valence-corrected chi connectivity index (χ3v) is 0.644. The van der Waals surface area contributed by atoms with Gasteiger partial charge in [-0.2, -0.15) is 0 Å². The maximum Gasteiger partial charge on any atom is 0.323 e. The monoisotopic (exact) mass is 143 g/mol. The summed E-state index contributed by atoms with van der Waals surface area (Å²) in [7, 11) is 0. The molecule has 0 aliphatic carbocycles. The first kappa shape index (κ1) is 8.48. The summed E-state index contributed by atoms with van der Waals surface area (Å²) in [4.78, 5) is 20.4. The number of hydrogen-bond donors (Lipinski definition) is 3. The van der Waals surface area contributed by atoms with Gasteiger partial charge < -0.3 is 11.1 Å². The molecule has 10 heavy (non-hydrogen) atoms. The minimum absolute atomic E-state index is 0.305. The first-order valence-electron chi connectivity index (χ1n) is 2.62. The Morgan fingerprint density at radius 2 is 2.20 bits per heavy atom. The van der Waals surface area contributed by atoms with E-state index in [1.807, 2.05) is 5.32 Å². The Bertz CT molecular complexity index is 155. The van der Waals surface area contributed by atoms with Gasteiger partial charge in [-0.15, -0.1) is 6.58 Å². The predicted molar refractivity (Wildman–Crippen MR) is 36.3 cm³/mol. The lowest BCUT2D eigenvalue weighted by Crippen LogP contribution is -2.42. The molecule has 0 rings (SSSR count). The molecular formula is C5H9N3O2.